The molecule has 1 aliphatic heterocycles. The average molecular weight is 357 g/mol. The van der Waals surface area contributed by atoms with Crippen LogP contribution >= 0.6 is 0 Å². The van der Waals surface area contributed by atoms with Gasteiger partial charge in [0.25, 0.3) is 5.91 Å². The Morgan fingerprint density at radius 3 is 2.62 bits per heavy atom. The molecule has 0 spiro atoms. The zero-order valence-electron chi connectivity index (χ0n) is 14.2. The number of hydrogen-bond acceptors (Lipinski definition) is 3. The predicted molar refractivity (Wildman–Crippen MR) is 91.9 cm³/mol. The van der Waals surface area contributed by atoms with Crippen molar-refractivity contribution in [1.82, 2.24) is 4.90 Å². The number of carbonyl (C=O) groups is 1. The molecule has 1 fully saturated rings. The van der Waals surface area contributed by atoms with Gasteiger partial charge in [0.15, 0.2) is 5.76 Å². The summed E-state index contributed by atoms with van der Waals surface area (Å²) in [6.45, 7) is 2.90. The third-order valence-electron chi connectivity index (χ3n) is 4.69. The molecule has 1 aliphatic rings. The normalized spacial score (nSPS) is 17.7. The van der Waals surface area contributed by atoms with Gasteiger partial charge in [0, 0.05) is 17.5 Å². The standard InChI is InChI=1S/C20H17F2NO3/c1-12-16-10-15(22)6-7-17(16)26-19(12)20(24)23-8-9-25-18(11-23)13-2-4-14(21)5-3-13/h2-7,10,18H,8-9,11H2,1H3. The Labute approximate surface area is 149 Å². The maximum absolute atomic E-state index is 13.5. The summed E-state index contributed by atoms with van der Waals surface area (Å²) in [5, 5.41) is 0.594. The second kappa shape index (κ2) is 6.53. The zero-order chi connectivity index (χ0) is 18.3. The number of morpholine rings is 1. The molecule has 6 heteroatoms. The van der Waals surface area contributed by atoms with E-state index in [-0.39, 0.29) is 29.4 Å². The SMILES string of the molecule is Cc1c(C(=O)N2CCOC(c3ccc(F)cc3)C2)oc2ccc(F)cc12. The molecule has 0 radical (unpaired) electrons. The van der Waals surface area contributed by atoms with E-state index in [1.54, 1.807) is 24.0 Å². The first-order valence-corrected chi connectivity index (χ1v) is 8.38. The van der Waals surface area contributed by atoms with Crippen LogP contribution in [0.3, 0.4) is 0 Å². The molecule has 1 amide bonds. The lowest BCUT2D eigenvalue weighted by Gasteiger charge is -2.32. The number of halogens is 2. The van der Waals surface area contributed by atoms with Gasteiger partial charge in [0.1, 0.15) is 23.3 Å². The number of rotatable bonds is 2. The highest BCUT2D eigenvalue weighted by molar-refractivity contribution is 5.99. The summed E-state index contributed by atoms with van der Waals surface area (Å²) in [4.78, 5) is 14.6. The summed E-state index contributed by atoms with van der Waals surface area (Å²) < 4.78 is 38.0. The van der Waals surface area contributed by atoms with Crippen molar-refractivity contribution >= 4 is 16.9 Å². The number of aryl methyl sites for hydroxylation is 1. The van der Waals surface area contributed by atoms with Gasteiger partial charge in [-0.1, -0.05) is 12.1 Å². The van der Waals surface area contributed by atoms with Crippen molar-refractivity contribution < 1.29 is 22.7 Å². The van der Waals surface area contributed by atoms with Gasteiger partial charge in [0.05, 0.1) is 13.2 Å². The smallest absolute Gasteiger partial charge is 0.290 e. The van der Waals surface area contributed by atoms with E-state index < -0.39 is 0 Å². The summed E-state index contributed by atoms with van der Waals surface area (Å²) in [5.74, 6) is -0.731. The number of furan rings is 1. The first-order valence-electron chi connectivity index (χ1n) is 8.38. The third-order valence-corrected chi connectivity index (χ3v) is 4.69. The van der Waals surface area contributed by atoms with Crippen molar-refractivity contribution in [2.75, 3.05) is 19.7 Å². The minimum atomic E-state index is -0.372. The quantitative estimate of drug-likeness (QED) is 0.689. The Morgan fingerprint density at radius 1 is 1.12 bits per heavy atom. The van der Waals surface area contributed by atoms with Gasteiger partial charge in [-0.15, -0.1) is 0 Å². The van der Waals surface area contributed by atoms with Crippen molar-refractivity contribution in [2.24, 2.45) is 0 Å². The van der Waals surface area contributed by atoms with E-state index in [0.29, 0.717) is 36.2 Å². The third kappa shape index (κ3) is 2.97. The molecule has 134 valence electrons. The van der Waals surface area contributed by atoms with Crippen molar-refractivity contribution in [1.29, 1.82) is 0 Å². The fourth-order valence-corrected chi connectivity index (χ4v) is 3.25. The molecule has 0 N–H and O–H groups in total. The predicted octanol–water partition coefficient (Wildman–Crippen LogP) is 4.23. The molecule has 26 heavy (non-hydrogen) atoms. The molecule has 2 heterocycles. The number of amides is 1. The lowest BCUT2D eigenvalue weighted by Crippen LogP contribution is -2.42. The molecule has 2 aromatic carbocycles. The molecular weight excluding hydrogens is 340 g/mol. The summed E-state index contributed by atoms with van der Waals surface area (Å²) in [5.41, 5.74) is 1.91. The molecule has 1 saturated heterocycles. The van der Waals surface area contributed by atoms with Crippen LogP contribution in [0.15, 0.2) is 46.9 Å². The minimum absolute atomic E-state index is 0.213. The highest BCUT2D eigenvalue weighted by Crippen LogP contribution is 2.29. The first kappa shape index (κ1) is 16.7. The van der Waals surface area contributed by atoms with Gasteiger partial charge in [-0.3, -0.25) is 4.79 Å². The Morgan fingerprint density at radius 2 is 1.85 bits per heavy atom. The van der Waals surface area contributed by atoms with E-state index in [0.717, 1.165) is 5.56 Å². The molecule has 0 aliphatic carbocycles. The number of hydrogen-bond donors (Lipinski definition) is 0. The van der Waals surface area contributed by atoms with E-state index in [9.17, 15) is 13.6 Å². The molecule has 1 aromatic heterocycles. The van der Waals surface area contributed by atoms with Gasteiger partial charge in [-0.2, -0.15) is 0 Å². The Hall–Kier alpha value is -2.73. The van der Waals surface area contributed by atoms with E-state index in [1.807, 2.05) is 0 Å². The highest BCUT2D eigenvalue weighted by Gasteiger charge is 2.29. The van der Waals surface area contributed by atoms with E-state index in [1.165, 1.54) is 30.3 Å². The van der Waals surface area contributed by atoms with Crippen LogP contribution in [0.2, 0.25) is 0 Å². The van der Waals surface area contributed by atoms with Gasteiger partial charge in [-0.05, 0) is 42.8 Å². The van der Waals surface area contributed by atoms with Crippen LogP contribution in [0.25, 0.3) is 11.0 Å². The topological polar surface area (TPSA) is 42.7 Å². The molecule has 4 nitrogen and oxygen atoms in total. The van der Waals surface area contributed by atoms with Gasteiger partial charge >= 0.3 is 0 Å². The van der Waals surface area contributed by atoms with Crippen molar-refractivity contribution in [3.8, 4) is 0 Å². The summed E-state index contributed by atoms with van der Waals surface area (Å²) in [6, 6.07) is 10.3. The van der Waals surface area contributed by atoms with Crippen LogP contribution in [-0.4, -0.2) is 30.5 Å². The lowest BCUT2D eigenvalue weighted by atomic mass is 10.1. The summed E-state index contributed by atoms with van der Waals surface area (Å²) in [7, 11) is 0. The van der Waals surface area contributed by atoms with Crippen LogP contribution in [0.4, 0.5) is 8.78 Å². The van der Waals surface area contributed by atoms with Crippen LogP contribution in [0.1, 0.15) is 27.8 Å². The Bertz CT molecular complexity index is 965. The summed E-state index contributed by atoms with van der Waals surface area (Å²) >= 11 is 0. The van der Waals surface area contributed by atoms with Crippen molar-refractivity contribution in [2.45, 2.75) is 13.0 Å². The zero-order valence-corrected chi connectivity index (χ0v) is 14.2. The fraction of sp³-hybridized carbons (Fsp3) is 0.250. The average Bonchev–Trinajstić information content (AvgIpc) is 2.98. The largest absolute Gasteiger partial charge is 0.451 e. The van der Waals surface area contributed by atoms with E-state index in [2.05, 4.69) is 0 Å². The van der Waals surface area contributed by atoms with Gasteiger partial charge in [0.2, 0.25) is 0 Å². The molecule has 3 aromatic rings. The molecule has 1 unspecified atom stereocenters. The highest BCUT2D eigenvalue weighted by atomic mass is 19.1. The maximum atomic E-state index is 13.5. The fourth-order valence-electron chi connectivity index (χ4n) is 3.25. The monoisotopic (exact) mass is 357 g/mol. The molecule has 1 atom stereocenters. The van der Waals surface area contributed by atoms with Crippen LogP contribution < -0.4 is 0 Å². The Kier molecular flexibility index (Phi) is 4.20. The molecule has 0 bridgehead atoms. The number of benzene rings is 2. The van der Waals surface area contributed by atoms with Crippen LogP contribution in [0.5, 0.6) is 0 Å². The van der Waals surface area contributed by atoms with E-state index >= 15 is 0 Å². The maximum Gasteiger partial charge on any atom is 0.290 e. The van der Waals surface area contributed by atoms with E-state index in [4.69, 9.17) is 9.15 Å². The second-order valence-electron chi connectivity index (χ2n) is 6.36. The Balaban J connectivity index is 1.60. The van der Waals surface area contributed by atoms with Crippen LogP contribution in [-0.2, 0) is 4.74 Å². The molecule has 4 rings (SSSR count). The number of fused-ring (bicyclic) bond motifs is 1. The second-order valence-corrected chi connectivity index (χ2v) is 6.36. The minimum Gasteiger partial charge on any atom is -0.451 e. The lowest BCUT2D eigenvalue weighted by molar-refractivity contribution is -0.0237. The molecular formula is C20H17F2NO3. The van der Waals surface area contributed by atoms with Crippen LogP contribution in [0, 0.1) is 18.6 Å². The summed E-state index contributed by atoms with van der Waals surface area (Å²) in [6.07, 6.45) is -0.324. The number of carbonyl (C=O) groups excluding carboxylic acids is 1. The first-order chi connectivity index (χ1) is 12.5. The van der Waals surface area contributed by atoms with Crippen molar-refractivity contribution in [3.05, 3.63) is 71.0 Å². The number of ether oxygens (including phenoxy) is 1. The molecule has 0 saturated carbocycles. The van der Waals surface area contributed by atoms with Gasteiger partial charge in [-0.25, -0.2) is 8.78 Å². The van der Waals surface area contributed by atoms with Gasteiger partial charge < -0.3 is 14.1 Å². The number of nitrogens with zero attached hydrogens (tertiary/aromatic N) is 1. The van der Waals surface area contributed by atoms with Crippen molar-refractivity contribution in [3.63, 3.8) is 0 Å².